The predicted molar refractivity (Wildman–Crippen MR) is 74.8 cm³/mol. The van der Waals surface area contributed by atoms with Crippen molar-refractivity contribution in [2.24, 2.45) is 11.7 Å². The summed E-state index contributed by atoms with van der Waals surface area (Å²) >= 11 is 0. The molecule has 0 aliphatic rings. The molecule has 1 rings (SSSR count). The van der Waals surface area contributed by atoms with Crippen LogP contribution in [0.1, 0.15) is 32.8 Å². The molecule has 1 unspecified atom stereocenters. The monoisotopic (exact) mass is 234 g/mol. The van der Waals surface area contributed by atoms with Gasteiger partial charge >= 0.3 is 0 Å². The van der Waals surface area contributed by atoms with E-state index in [1.165, 1.54) is 12.0 Å². The van der Waals surface area contributed by atoms with Gasteiger partial charge in [0.15, 0.2) is 0 Å². The van der Waals surface area contributed by atoms with Gasteiger partial charge in [-0.05, 0) is 44.8 Å². The SMILES string of the molecule is CC(CN)CCN(Cc1ccccc1)C(C)C. The summed E-state index contributed by atoms with van der Waals surface area (Å²) in [5.74, 6) is 0.618. The average molecular weight is 234 g/mol. The van der Waals surface area contributed by atoms with Crippen LogP contribution in [0.5, 0.6) is 0 Å². The lowest BCUT2D eigenvalue weighted by molar-refractivity contribution is 0.200. The van der Waals surface area contributed by atoms with Crippen LogP contribution in [0, 0.1) is 5.92 Å². The molecule has 17 heavy (non-hydrogen) atoms. The Kier molecular flexibility index (Phi) is 6.23. The number of rotatable bonds is 7. The molecule has 0 amide bonds. The zero-order valence-corrected chi connectivity index (χ0v) is 11.4. The van der Waals surface area contributed by atoms with Gasteiger partial charge in [-0.3, -0.25) is 4.90 Å². The average Bonchev–Trinajstić information content (AvgIpc) is 2.34. The molecule has 0 heterocycles. The first kappa shape index (κ1) is 14.2. The minimum Gasteiger partial charge on any atom is -0.330 e. The van der Waals surface area contributed by atoms with Crippen molar-refractivity contribution in [3.05, 3.63) is 35.9 Å². The Balaban J connectivity index is 2.49. The van der Waals surface area contributed by atoms with E-state index in [-0.39, 0.29) is 0 Å². The van der Waals surface area contributed by atoms with E-state index in [1.54, 1.807) is 0 Å². The molecule has 1 aromatic carbocycles. The highest BCUT2D eigenvalue weighted by Gasteiger charge is 2.11. The molecule has 0 radical (unpaired) electrons. The summed E-state index contributed by atoms with van der Waals surface area (Å²) in [5.41, 5.74) is 7.06. The quantitative estimate of drug-likeness (QED) is 0.786. The number of hydrogen-bond acceptors (Lipinski definition) is 2. The molecule has 0 aliphatic carbocycles. The van der Waals surface area contributed by atoms with Crippen LogP contribution >= 0.6 is 0 Å². The van der Waals surface area contributed by atoms with E-state index in [0.717, 1.165) is 19.6 Å². The van der Waals surface area contributed by atoms with Crippen LogP contribution in [0.3, 0.4) is 0 Å². The van der Waals surface area contributed by atoms with Crippen LogP contribution in [0.15, 0.2) is 30.3 Å². The second-order valence-electron chi connectivity index (χ2n) is 5.18. The number of nitrogens with two attached hydrogens (primary N) is 1. The van der Waals surface area contributed by atoms with Crippen molar-refractivity contribution >= 4 is 0 Å². The Bertz CT molecular complexity index is 295. The van der Waals surface area contributed by atoms with E-state index < -0.39 is 0 Å². The summed E-state index contributed by atoms with van der Waals surface area (Å²) in [6, 6.07) is 11.3. The molecule has 0 saturated carbocycles. The smallest absolute Gasteiger partial charge is 0.0236 e. The molecule has 0 aliphatic heterocycles. The van der Waals surface area contributed by atoms with Gasteiger partial charge in [-0.25, -0.2) is 0 Å². The zero-order chi connectivity index (χ0) is 12.7. The lowest BCUT2D eigenvalue weighted by Gasteiger charge is -2.27. The van der Waals surface area contributed by atoms with Crippen molar-refractivity contribution in [2.75, 3.05) is 13.1 Å². The fourth-order valence-electron chi connectivity index (χ4n) is 1.84. The fraction of sp³-hybridized carbons (Fsp3) is 0.600. The van der Waals surface area contributed by atoms with Crippen LogP contribution in [0.4, 0.5) is 0 Å². The predicted octanol–water partition coefficient (Wildman–Crippen LogP) is 2.88. The summed E-state index contributed by atoms with van der Waals surface area (Å²) in [6.07, 6.45) is 1.18. The molecule has 2 heteroatoms. The fourth-order valence-corrected chi connectivity index (χ4v) is 1.84. The van der Waals surface area contributed by atoms with E-state index in [1.807, 2.05) is 0 Å². The van der Waals surface area contributed by atoms with Gasteiger partial charge in [0.2, 0.25) is 0 Å². The van der Waals surface area contributed by atoms with Gasteiger partial charge in [0, 0.05) is 12.6 Å². The van der Waals surface area contributed by atoms with Crippen LogP contribution < -0.4 is 5.73 Å². The van der Waals surface area contributed by atoms with Gasteiger partial charge in [0.1, 0.15) is 0 Å². The van der Waals surface area contributed by atoms with E-state index in [2.05, 4.69) is 56.0 Å². The topological polar surface area (TPSA) is 29.3 Å². The third-order valence-electron chi connectivity index (χ3n) is 3.27. The van der Waals surface area contributed by atoms with E-state index in [0.29, 0.717) is 12.0 Å². The number of nitrogens with zero attached hydrogens (tertiary/aromatic N) is 1. The molecule has 2 N–H and O–H groups in total. The minimum absolute atomic E-state index is 0.584. The van der Waals surface area contributed by atoms with E-state index in [4.69, 9.17) is 5.73 Å². The third kappa shape index (κ3) is 5.33. The molecular weight excluding hydrogens is 208 g/mol. The van der Waals surface area contributed by atoms with Crippen molar-refractivity contribution in [3.63, 3.8) is 0 Å². The number of hydrogen-bond donors (Lipinski definition) is 1. The molecule has 2 nitrogen and oxygen atoms in total. The van der Waals surface area contributed by atoms with Crippen molar-refractivity contribution in [3.8, 4) is 0 Å². The van der Waals surface area contributed by atoms with Crippen molar-refractivity contribution in [1.82, 2.24) is 4.90 Å². The molecule has 0 spiro atoms. The highest BCUT2D eigenvalue weighted by atomic mass is 15.1. The van der Waals surface area contributed by atoms with Gasteiger partial charge in [-0.2, -0.15) is 0 Å². The molecule has 0 saturated heterocycles. The highest BCUT2D eigenvalue weighted by Crippen LogP contribution is 2.10. The largest absolute Gasteiger partial charge is 0.330 e. The first-order valence-corrected chi connectivity index (χ1v) is 6.61. The van der Waals surface area contributed by atoms with Gasteiger partial charge in [-0.1, -0.05) is 37.3 Å². The molecule has 0 bridgehead atoms. The minimum atomic E-state index is 0.584. The van der Waals surface area contributed by atoms with Gasteiger partial charge in [0.25, 0.3) is 0 Å². The van der Waals surface area contributed by atoms with Crippen molar-refractivity contribution < 1.29 is 0 Å². The van der Waals surface area contributed by atoms with Crippen molar-refractivity contribution in [1.29, 1.82) is 0 Å². The summed E-state index contributed by atoms with van der Waals surface area (Å²) in [4.78, 5) is 2.52. The Hall–Kier alpha value is -0.860. The van der Waals surface area contributed by atoms with Crippen LogP contribution in [0.25, 0.3) is 0 Å². The normalized spacial score (nSPS) is 13.3. The first-order chi connectivity index (χ1) is 8.13. The van der Waals surface area contributed by atoms with Crippen LogP contribution in [-0.4, -0.2) is 24.0 Å². The summed E-state index contributed by atoms with van der Waals surface area (Å²) in [6.45, 7) is 9.70. The van der Waals surface area contributed by atoms with Crippen molar-refractivity contribution in [2.45, 2.75) is 39.8 Å². The Morgan fingerprint density at radius 3 is 2.29 bits per heavy atom. The molecule has 0 aromatic heterocycles. The Labute approximate surface area is 106 Å². The Morgan fingerprint density at radius 1 is 1.12 bits per heavy atom. The maximum absolute atomic E-state index is 5.67. The van der Waals surface area contributed by atoms with E-state index in [9.17, 15) is 0 Å². The maximum atomic E-state index is 5.67. The lowest BCUT2D eigenvalue weighted by Crippen LogP contribution is -2.32. The standard InChI is InChI=1S/C15H26N2/c1-13(2)17(10-9-14(3)11-16)12-15-7-5-4-6-8-15/h4-8,13-14H,9-12,16H2,1-3H3. The first-order valence-electron chi connectivity index (χ1n) is 6.61. The van der Waals surface area contributed by atoms with Gasteiger partial charge in [0.05, 0.1) is 0 Å². The summed E-state index contributed by atoms with van der Waals surface area (Å²) in [7, 11) is 0. The summed E-state index contributed by atoms with van der Waals surface area (Å²) < 4.78 is 0. The zero-order valence-electron chi connectivity index (χ0n) is 11.4. The second-order valence-corrected chi connectivity index (χ2v) is 5.18. The van der Waals surface area contributed by atoms with E-state index >= 15 is 0 Å². The van der Waals surface area contributed by atoms with Gasteiger partial charge < -0.3 is 5.73 Å². The Morgan fingerprint density at radius 2 is 1.76 bits per heavy atom. The lowest BCUT2D eigenvalue weighted by atomic mass is 10.1. The molecule has 1 atom stereocenters. The van der Waals surface area contributed by atoms with Gasteiger partial charge in [-0.15, -0.1) is 0 Å². The highest BCUT2D eigenvalue weighted by molar-refractivity contribution is 5.14. The molecular formula is C15H26N2. The second kappa shape index (κ2) is 7.46. The summed E-state index contributed by atoms with van der Waals surface area (Å²) in [5, 5.41) is 0. The molecule has 1 aromatic rings. The third-order valence-corrected chi connectivity index (χ3v) is 3.27. The van der Waals surface area contributed by atoms with Crippen LogP contribution in [0.2, 0.25) is 0 Å². The maximum Gasteiger partial charge on any atom is 0.0236 e. The molecule has 0 fully saturated rings. The molecule has 96 valence electrons. The number of benzene rings is 1. The van der Waals surface area contributed by atoms with Crippen LogP contribution in [-0.2, 0) is 6.54 Å².